The number of furan rings is 1. The first-order valence-electron chi connectivity index (χ1n) is 6.45. The fourth-order valence-corrected chi connectivity index (χ4v) is 1.84. The second-order valence-electron chi connectivity index (χ2n) is 4.57. The molecule has 2 aromatic rings. The maximum absolute atomic E-state index is 12.1. The maximum Gasteiger partial charge on any atom is 0.251 e. The highest BCUT2D eigenvalue weighted by Crippen LogP contribution is 2.08. The van der Waals surface area contributed by atoms with Crippen LogP contribution in [-0.2, 0) is 6.42 Å². The number of carbonyl (C=O) groups excluding carboxylic acids is 1. The van der Waals surface area contributed by atoms with Crippen LogP contribution in [0.4, 0.5) is 5.82 Å². The van der Waals surface area contributed by atoms with E-state index in [4.69, 9.17) is 10.3 Å². The lowest BCUT2D eigenvalue weighted by Gasteiger charge is -2.13. The van der Waals surface area contributed by atoms with Crippen molar-refractivity contribution in [3.05, 3.63) is 48.0 Å². The minimum Gasteiger partial charge on any atom is -0.469 e. The monoisotopic (exact) mass is 274 g/mol. The van der Waals surface area contributed by atoms with E-state index < -0.39 is 0 Å². The number of nitrogen functional groups attached to an aromatic ring is 1. The van der Waals surface area contributed by atoms with E-state index in [-0.39, 0.29) is 11.9 Å². The lowest BCUT2D eigenvalue weighted by Crippen LogP contribution is -2.33. The van der Waals surface area contributed by atoms with Crippen LogP contribution in [0.3, 0.4) is 0 Å². The van der Waals surface area contributed by atoms with Gasteiger partial charge in [0.05, 0.1) is 6.26 Å². The summed E-state index contributed by atoms with van der Waals surface area (Å²) in [6.45, 7) is 1.96. The van der Waals surface area contributed by atoms with Crippen LogP contribution in [0.15, 0.2) is 41.1 Å². The molecule has 0 saturated heterocycles. The summed E-state index contributed by atoms with van der Waals surface area (Å²) in [4.78, 5) is 16.0. The van der Waals surface area contributed by atoms with E-state index in [1.807, 2.05) is 19.1 Å². The van der Waals surface area contributed by atoms with Gasteiger partial charge in [0.2, 0.25) is 0 Å². The van der Waals surface area contributed by atoms with Crippen molar-refractivity contribution >= 4 is 11.7 Å². The number of nitrogens with one attached hydrogen (secondary N) is 2. The predicted molar refractivity (Wildman–Crippen MR) is 76.0 cm³/mol. The first-order valence-corrected chi connectivity index (χ1v) is 6.45. The third kappa shape index (κ3) is 3.83. The number of pyridine rings is 1. The van der Waals surface area contributed by atoms with Crippen LogP contribution in [-0.4, -0.2) is 16.9 Å². The first kappa shape index (κ1) is 14.1. The summed E-state index contributed by atoms with van der Waals surface area (Å²) < 4.78 is 5.26. The number of hydrogen-bond acceptors (Lipinski definition) is 5. The summed E-state index contributed by atoms with van der Waals surface area (Å²) in [5, 5.41) is 2.93. The maximum atomic E-state index is 12.1. The molecule has 0 aliphatic heterocycles. The van der Waals surface area contributed by atoms with Gasteiger partial charge in [-0.15, -0.1) is 0 Å². The molecular formula is C14H18N4O2. The van der Waals surface area contributed by atoms with Crippen LogP contribution in [0, 0.1) is 0 Å². The van der Waals surface area contributed by atoms with Crippen molar-refractivity contribution in [1.82, 2.24) is 10.3 Å². The number of hydrazine groups is 1. The summed E-state index contributed by atoms with van der Waals surface area (Å²) in [5.41, 5.74) is 2.94. The zero-order valence-electron chi connectivity index (χ0n) is 11.3. The molecule has 0 aliphatic carbocycles. The van der Waals surface area contributed by atoms with Crippen LogP contribution in [0.1, 0.15) is 29.5 Å². The average Bonchev–Trinajstić information content (AvgIpc) is 2.98. The number of rotatable bonds is 6. The van der Waals surface area contributed by atoms with Gasteiger partial charge in [-0.1, -0.05) is 0 Å². The highest BCUT2D eigenvalue weighted by atomic mass is 16.3. The van der Waals surface area contributed by atoms with Crippen LogP contribution in [0.5, 0.6) is 0 Å². The van der Waals surface area contributed by atoms with Crippen molar-refractivity contribution in [2.45, 2.75) is 25.8 Å². The van der Waals surface area contributed by atoms with Gasteiger partial charge in [0.1, 0.15) is 11.6 Å². The molecule has 1 unspecified atom stereocenters. The minimum atomic E-state index is -0.143. The van der Waals surface area contributed by atoms with E-state index in [2.05, 4.69) is 15.7 Å². The summed E-state index contributed by atoms with van der Waals surface area (Å²) >= 11 is 0. The molecule has 0 spiro atoms. The standard InChI is InChI=1S/C14H18N4O2/c1-10(4-5-12-3-2-8-20-12)17-14(19)11-6-7-16-13(9-11)18-15/h2-3,6-10H,4-5,15H2,1H3,(H,16,18)(H,17,19). The number of amides is 1. The molecule has 2 heterocycles. The molecule has 1 atom stereocenters. The Kier molecular flexibility index (Phi) is 4.73. The van der Waals surface area contributed by atoms with Crippen molar-refractivity contribution in [1.29, 1.82) is 0 Å². The SMILES string of the molecule is CC(CCc1ccco1)NC(=O)c1ccnc(NN)c1. The van der Waals surface area contributed by atoms with Gasteiger partial charge in [0.25, 0.3) is 5.91 Å². The van der Waals surface area contributed by atoms with Gasteiger partial charge in [-0.2, -0.15) is 0 Å². The summed E-state index contributed by atoms with van der Waals surface area (Å²) in [6, 6.07) is 7.09. The number of anilines is 1. The van der Waals surface area contributed by atoms with Crippen molar-refractivity contribution in [2.24, 2.45) is 5.84 Å². The molecular weight excluding hydrogens is 256 g/mol. The first-order chi connectivity index (χ1) is 9.69. The third-order valence-electron chi connectivity index (χ3n) is 2.95. The van der Waals surface area contributed by atoms with Crippen molar-refractivity contribution < 1.29 is 9.21 Å². The molecule has 0 radical (unpaired) electrons. The molecule has 0 fully saturated rings. The van der Waals surface area contributed by atoms with Crippen molar-refractivity contribution in [2.75, 3.05) is 5.43 Å². The molecule has 106 valence electrons. The zero-order chi connectivity index (χ0) is 14.4. The normalized spacial score (nSPS) is 11.9. The topological polar surface area (TPSA) is 93.2 Å². The largest absolute Gasteiger partial charge is 0.469 e. The Hall–Kier alpha value is -2.34. The van der Waals surface area contributed by atoms with Crippen molar-refractivity contribution in [3.63, 3.8) is 0 Å². The average molecular weight is 274 g/mol. The second kappa shape index (κ2) is 6.72. The van der Waals surface area contributed by atoms with Gasteiger partial charge in [-0.3, -0.25) is 4.79 Å². The Balaban J connectivity index is 1.86. The summed E-state index contributed by atoms with van der Waals surface area (Å²) in [5.74, 6) is 6.50. The Labute approximate surface area is 117 Å². The number of aromatic nitrogens is 1. The van der Waals surface area contributed by atoms with Gasteiger partial charge >= 0.3 is 0 Å². The van der Waals surface area contributed by atoms with Gasteiger partial charge in [-0.25, -0.2) is 10.8 Å². The molecule has 0 aromatic carbocycles. The van der Waals surface area contributed by atoms with Gasteiger partial charge in [0, 0.05) is 24.2 Å². The Morgan fingerprint density at radius 1 is 1.50 bits per heavy atom. The van der Waals surface area contributed by atoms with Crippen LogP contribution < -0.4 is 16.6 Å². The predicted octanol–water partition coefficient (Wildman–Crippen LogP) is 1.71. The lowest BCUT2D eigenvalue weighted by molar-refractivity contribution is 0.0938. The molecule has 6 heteroatoms. The molecule has 1 amide bonds. The minimum absolute atomic E-state index is 0.0510. The Morgan fingerprint density at radius 2 is 2.35 bits per heavy atom. The van der Waals surface area contributed by atoms with Crippen LogP contribution in [0.25, 0.3) is 0 Å². The zero-order valence-corrected chi connectivity index (χ0v) is 11.3. The van der Waals surface area contributed by atoms with Crippen LogP contribution >= 0.6 is 0 Å². The highest BCUT2D eigenvalue weighted by Gasteiger charge is 2.11. The Morgan fingerprint density at radius 3 is 3.05 bits per heavy atom. The smallest absolute Gasteiger partial charge is 0.251 e. The fraction of sp³-hybridized carbons (Fsp3) is 0.286. The quantitative estimate of drug-likeness (QED) is 0.551. The molecule has 0 saturated carbocycles. The van der Waals surface area contributed by atoms with Gasteiger partial charge < -0.3 is 15.2 Å². The van der Waals surface area contributed by atoms with Gasteiger partial charge in [-0.05, 0) is 37.6 Å². The molecule has 2 rings (SSSR count). The molecule has 0 bridgehead atoms. The van der Waals surface area contributed by atoms with E-state index in [9.17, 15) is 4.79 Å². The van der Waals surface area contributed by atoms with E-state index >= 15 is 0 Å². The number of nitrogens with two attached hydrogens (primary N) is 1. The molecule has 2 aromatic heterocycles. The molecule has 0 aliphatic rings. The number of nitrogens with zero attached hydrogens (tertiary/aromatic N) is 1. The van der Waals surface area contributed by atoms with E-state index in [1.165, 1.54) is 6.20 Å². The molecule has 4 N–H and O–H groups in total. The summed E-state index contributed by atoms with van der Waals surface area (Å²) in [6.07, 6.45) is 4.79. The van der Waals surface area contributed by atoms with Crippen molar-refractivity contribution in [3.8, 4) is 0 Å². The lowest BCUT2D eigenvalue weighted by atomic mass is 10.1. The number of aryl methyl sites for hydroxylation is 1. The number of carbonyl (C=O) groups is 1. The van der Waals surface area contributed by atoms with E-state index in [0.717, 1.165) is 18.6 Å². The van der Waals surface area contributed by atoms with E-state index in [1.54, 1.807) is 18.4 Å². The van der Waals surface area contributed by atoms with Crippen LogP contribution in [0.2, 0.25) is 0 Å². The molecule has 6 nitrogen and oxygen atoms in total. The van der Waals surface area contributed by atoms with E-state index in [0.29, 0.717) is 11.4 Å². The number of hydrogen-bond donors (Lipinski definition) is 3. The summed E-state index contributed by atoms with van der Waals surface area (Å²) in [7, 11) is 0. The van der Waals surface area contributed by atoms with Gasteiger partial charge in [0.15, 0.2) is 0 Å². The third-order valence-corrected chi connectivity index (χ3v) is 2.95. The second-order valence-corrected chi connectivity index (χ2v) is 4.57. The fourth-order valence-electron chi connectivity index (χ4n) is 1.84. The Bertz CT molecular complexity index is 554. The highest BCUT2D eigenvalue weighted by molar-refractivity contribution is 5.94. The molecule has 20 heavy (non-hydrogen) atoms.